The number of benzene rings is 2. The largest absolute Gasteiger partial charge is 0.573 e. The first-order valence-electron chi connectivity index (χ1n) is 9.66. The number of alkyl halides is 3. The summed E-state index contributed by atoms with van der Waals surface area (Å²) in [5.41, 5.74) is 1.48. The van der Waals surface area contributed by atoms with Crippen molar-refractivity contribution >= 4 is 41.4 Å². The maximum Gasteiger partial charge on any atom is 0.573 e. The minimum atomic E-state index is -4.70. The molecule has 3 aromatic rings. The summed E-state index contributed by atoms with van der Waals surface area (Å²) in [6, 6.07) is 15.9. The number of likely N-dealkylation sites (N-methyl/N-ethyl adjacent to an activating group) is 1. The van der Waals surface area contributed by atoms with Gasteiger partial charge in [0.1, 0.15) is 11.6 Å². The van der Waals surface area contributed by atoms with Gasteiger partial charge in [0.05, 0.1) is 5.69 Å². The Bertz CT molecular complexity index is 991. The topological polar surface area (TPSA) is 28.6 Å². The maximum atomic E-state index is 12.4. The fraction of sp³-hybridized carbons (Fsp3) is 0.318. The summed E-state index contributed by atoms with van der Waals surface area (Å²) >= 11 is 0. The highest BCUT2D eigenvalue weighted by atomic mass is 35.5. The zero-order chi connectivity index (χ0) is 20.4. The number of anilines is 1. The van der Waals surface area contributed by atoms with Crippen LogP contribution < -0.4 is 9.64 Å². The Morgan fingerprint density at radius 1 is 0.935 bits per heavy atom. The third-order valence-corrected chi connectivity index (χ3v) is 5.22. The highest BCUT2D eigenvalue weighted by Crippen LogP contribution is 2.32. The lowest BCUT2D eigenvalue weighted by atomic mass is 10.1. The van der Waals surface area contributed by atoms with Gasteiger partial charge in [0.15, 0.2) is 0 Å². The summed E-state index contributed by atoms with van der Waals surface area (Å²) in [5, 5.41) is 2.14. The number of hydrogen-bond donors (Lipinski definition) is 0. The monoisotopic (exact) mass is 473 g/mol. The quantitative estimate of drug-likeness (QED) is 0.479. The molecule has 168 valence electrons. The Morgan fingerprint density at radius 3 is 2.19 bits per heavy atom. The van der Waals surface area contributed by atoms with Gasteiger partial charge >= 0.3 is 6.36 Å². The Kier molecular flexibility index (Phi) is 8.40. The number of piperazine rings is 1. The van der Waals surface area contributed by atoms with E-state index in [0.29, 0.717) is 0 Å². The molecule has 0 saturated carbocycles. The van der Waals surface area contributed by atoms with Gasteiger partial charge in [-0.2, -0.15) is 0 Å². The van der Waals surface area contributed by atoms with E-state index in [1.807, 2.05) is 24.3 Å². The van der Waals surface area contributed by atoms with E-state index in [9.17, 15) is 13.2 Å². The number of halogens is 5. The van der Waals surface area contributed by atoms with Gasteiger partial charge in [0, 0.05) is 37.1 Å². The standard InChI is InChI=1S/C22H22F3N3O.2ClH/c1-2-27-11-13-28(14-12-27)21-19-6-4-3-5-17(19)15-20(26-21)16-7-9-18(10-8-16)29-22(23,24)25;;/h3-10,15H,2,11-14H2,1H3;2*1H. The molecule has 0 N–H and O–H groups in total. The van der Waals surface area contributed by atoms with Gasteiger partial charge < -0.3 is 14.5 Å². The van der Waals surface area contributed by atoms with Gasteiger partial charge in [-0.1, -0.05) is 31.2 Å². The van der Waals surface area contributed by atoms with Crippen molar-refractivity contribution in [1.29, 1.82) is 0 Å². The number of pyridine rings is 1. The molecule has 1 aliphatic rings. The van der Waals surface area contributed by atoms with Crippen molar-refractivity contribution in [2.75, 3.05) is 37.6 Å². The second-order valence-corrected chi connectivity index (χ2v) is 7.05. The summed E-state index contributed by atoms with van der Waals surface area (Å²) < 4.78 is 41.2. The molecule has 1 aliphatic heterocycles. The highest BCUT2D eigenvalue weighted by molar-refractivity contribution is 5.95. The van der Waals surface area contributed by atoms with Crippen LogP contribution in [0.2, 0.25) is 0 Å². The molecule has 0 radical (unpaired) electrons. The van der Waals surface area contributed by atoms with Crippen LogP contribution >= 0.6 is 24.8 Å². The Balaban J connectivity index is 0.00000171. The molecule has 31 heavy (non-hydrogen) atoms. The van der Waals surface area contributed by atoms with E-state index < -0.39 is 6.36 Å². The van der Waals surface area contributed by atoms with Gasteiger partial charge in [-0.15, -0.1) is 38.0 Å². The van der Waals surface area contributed by atoms with Crippen LogP contribution in [0.5, 0.6) is 5.75 Å². The highest BCUT2D eigenvalue weighted by Gasteiger charge is 2.31. The summed E-state index contributed by atoms with van der Waals surface area (Å²) in [6.07, 6.45) is -4.70. The number of nitrogens with zero attached hydrogens (tertiary/aromatic N) is 3. The van der Waals surface area contributed by atoms with Crippen LogP contribution in [0, 0.1) is 0 Å². The van der Waals surface area contributed by atoms with Crippen molar-refractivity contribution in [3.63, 3.8) is 0 Å². The van der Waals surface area contributed by atoms with Crippen molar-refractivity contribution in [2.24, 2.45) is 0 Å². The molecule has 0 bridgehead atoms. The number of hydrogen-bond acceptors (Lipinski definition) is 4. The number of ether oxygens (including phenoxy) is 1. The zero-order valence-corrected chi connectivity index (χ0v) is 18.6. The number of fused-ring (bicyclic) bond motifs is 1. The second kappa shape index (κ2) is 10.4. The molecule has 1 fully saturated rings. The molecule has 2 heterocycles. The molecule has 0 atom stereocenters. The summed E-state index contributed by atoms with van der Waals surface area (Å²) in [4.78, 5) is 9.59. The first-order valence-corrected chi connectivity index (χ1v) is 9.66. The van der Waals surface area contributed by atoms with Crippen LogP contribution in [0.25, 0.3) is 22.0 Å². The molecular formula is C22H24Cl2F3N3O. The Morgan fingerprint density at radius 2 is 1.58 bits per heavy atom. The molecular weight excluding hydrogens is 450 g/mol. The van der Waals surface area contributed by atoms with Gasteiger partial charge in [-0.3, -0.25) is 0 Å². The lowest BCUT2D eigenvalue weighted by molar-refractivity contribution is -0.274. The molecule has 4 nitrogen and oxygen atoms in total. The van der Waals surface area contributed by atoms with Crippen LogP contribution in [-0.2, 0) is 0 Å². The van der Waals surface area contributed by atoms with E-state index in [0.717, 1.165) is 60.6 Å². The third kappa shape index (κ3) is 5.93. The SMILES string of the molecule is CCN1CCN(c2nc(-c3ccc(OC(F)(F)F)cc3)cc3ccccc23)CC1.Cl.Cl. The lowest BCUT2D eigenvalue weighted by Crippen LogP contribution is -2.46. The van der Waals surface area contributed by atoms with E-state index in [1.165, 1.54) is 12.1 Å². The predicted octanol–water partition coefficient (Wildman–Crippen LogP) is 5.79. The molecule has 2 aromatic carbocycles. The fourth-order valence-corrected chi connectivity index (χ4v) is 3.67. The molecule has 1 saturated heterocycles. The smallest absolute Gasteiger partial charge is 0.406 e. The third-order valence-electron chi connectivity index (χ3n) is 5.22. The van der Waals surface area contributed by atoms with Crippen molar-refractivity contribution in [1.82, 2.24) is 9.88 Å². The summed E-state index contributed by atoms with van der Waals surface area (Å²) in [6.45, 7) is 6.96. The summed E-state index contributed by atoms with van der Waals surface area (Å²) in [7, 11) is 0. The zero-order valence-electron chi connectivity index (χ0n) is 16.9. The van der Waals surface area contributed by atoms with Crippen LogP contribution in [0.3, 0.4) is 0 Å². The number of rotatable bonds is 4. The van der Waals surface area contributed by atoms with Crippen LogP contribution in [0.1, 0.15) is 6.92 Å². The van der Waals surface area contributed by atoms with Crippen molar-refractivity contribution in [2.45, 2.75) is 13.3 Å². The molecule has 1 aromatic heterocycles. The lowest BCUT2D eigenvalue weighted by Gasteiger charge is -2.35. The van der Waals surface area contributed by atoms with Gasteiger partial charge in [0.2, 0.25) is 0 Å². The molecule has 0 spiro atoms. The normalized spacial score (nSPS) is 14.6. The van der Waals surface area contributed by atoms with Gasteiger partial charge in [-0.05, 0) is 42.3 Å². The van der Waals surface area contributed by atoms with Crippen molar-refractivity contribution in [3.8, 4) is 17.0 Å². The van der Waals surface area contributed by atoms with Crippen molar-refractivity contribution in [3.05, 3.63) is 54.6 Å². The van der Waals surface area contributed by atoms with E-state index in [4.69, 9.17) is 4.98 Å². The van der Waals surface area contributed by atoms with Gasteiger partial charge in [-0.25, -0.2) is 4.98 Å². The van der Waals surface area contributed by atoms with Crippen molar-refractivity contribution < 1.29 is 17.9 Å². The maximum absolute atomic E-state index is 12.4. The number of aromatic nitrogens is 1. The Hall–Kier alpha value is -2.22. The minimum Gasteiger partial charge on any atom is -0.406 e. The summed E-state index contributed by atoms with van der Waals surface area (Å²) in [5.74, 6) is 0.683. The first-order chi connectivity index (χ1) is 13.9. The molecule has 0 aliphatic carbocycles. The predicted molar refractivity (Wildman–Crippen MR) is 123 cm³/mol. The minimum absolute atomic E-state index is 0. The molecule has 9 heteroatoms. The molecule has 0 amide bonds. The van der Waals surface area contributed by atoms with Crippen LogP contribution in [0.15, 0.2) is 54.6 Å². The second-order valence-electron chi connectivity index (χ2n) is 7.05. The average Bonchev–Trinajstić information content (AvgIpc) is 2.72. The van der Waals surface area contributed by atoms with Crippen LogP contribution in [-0.4, -0.2) is 49.0 Å². The molecule has 4 rings (SSSR count). The van der Waals surface area contributed by atoms with E-state index >= 15 is 0 Å². The molecule has 0 unspecified atom stereocenters. The van der Waals surface area contributed by atoms with E-state index in [2.05, 4.69) is 27.5 Å². The van der Waals surface area contributed by atoms with Gasteiger partial charge in [0.25, 0.3) is 0 Å². The Labute approximate surface area is 191 Å². The van der Waals surface area contributed by atoms with Crippen LogP contribution in [0.4, 0.5) is 19.0 Å². The van der Waals surface area contributed by atoms with E-state index in [1.54, 1.807) is 12.1 Å². The fourth-order valence-electron chi connectivity index (χ4n) is 3.67. The average molecular weight is 474 g/mol. The first kappa shape index (κ1) is 25.0. The van der Waals surface area contributed by atoms with E-state index in [-0.39, 0.29) is 30.6 Å².